The molecule has 5 rings (SSSR count). The van der Waals surface area contributed by atoms with Gasteiger partial charge in [-0.05, 0) is 52.2 Å². The van der Waals surface area contributed by atoms with Crippen LogP contribution in [0.15, 0.2) is 41.7 Å². The molecule has 2 aliphatic heterocycles. The molecule has 8 nitrogen and oxygen atoms in total. The Hall–Kier alpha value is -3.50. The number of aromatic nitrogens is 2. The number of amides is 1. The maximum absolute atomic E-state index is 15.0. The Bertz CT molecular complexity index is 1540. The number of benzene rings is 2. The van der Waals surface area contributed by atoms with E-state index >= 15 is 0 Å². The zero-order valence-corrected chi connectivity index (χ0v) is 23.0. The first kappa shape index (κ1) is 27.1. The molecule has 1 amide bonds. The Balaban J connectivity index is 1.76. The van der Waals surface area contributed by atoms with E-state index in [9.17, 15) is 18.4 Å². The molecule has 1 aromatic heterocycles. The zero-order chi connectivity index (χ0) is 28.2. The van der Waals surface area contributed by atoms with Gasteiger partial charge in [-0.3, -0.25) is 9.36 Å². The van der Waals surface area contributed by atoms with Crippen molar-refractivity contribution < 1.29 is 18.3 Å². The molecule has 0 bridgehead atoms. The largest absolute Gasteiger partial charge is 0.488 e. The average Bonchev–Trinajstić information content (AvgIpc) is 2.87. The third kappa shape index (κ3) is 4.65. The number of anilines is 1. The van der Waals surface area contributed by atoms with Crippen LogP contribution in [0.5, 0.6) is 5.75 Å². The van der Waals surface area contributed by atoms with Gasteiger partial charge in [0.1, 0.15) is 24.1 Å². The lowest BCUT2D eigenvalue weighted by Gasteiger charge is -2.45. The molecule has 3 heterocycles. The second kappa shape index (κ2) is 10.2. The molecule has 0 radical (unpaired) electrons. The monoisotopic (exact) mass is 557 g/mol. The third-order valence-corrected chi connectivity index (χ3v) is 7.67. The highest BCUT2D eigenvalue weighted by Gasteiger charge is 2.36. The van der Waals surface area contributed by atoms with Crippen LogP contribution in [-0.2, 0) is 4.79 Å². The second-order valence-corrected chi connectivity index (χ2v) is 10.9. The van der Waals surface area contributed by atoms with Crippen LogP contribution in [0.25, 0.3) is 22.0 Å². The van der Waals surface area contributed by atoms with Crippen molar-refractivity contribution in [3.05, 3.63) is 64.1 Å². The molecule has 39 heavy (non-hydrogen) atoms. The molecule has 1 unspecified atom stereocenters. The van der Waals surface area contributed by atoms with Gasteiger partial charge in [-0.25, -0.2) is 13.6 Å². The van der Waals surface area contributed by atoms with Crippen molar-refractivity contribution in [2.75, 3.05) is 45.2 Å². The van der Waals surface area contributed by atoms with Crippen molar-refractivity contribution >= 4 is 34.2 Å². The van der Waals surface area contributed by atoms with Crippen LogP contribution in [-0.4, -0.2) is 77.7 Å². The van der Waals surface area contributed by atoms with Crippen LogP contribution < -0.4 is 15.3 Å². The SMILES string of the molecule is C=CC(=O)N1C[C@H](C)N(c2nc(=O)n3c4c(c(-c5ccc(F)cc5F)c(Cl)cc24)OCC3CN(C)C)C[C@H]1C. The van der Waals surface area contributed by atoms with Crippen LogP contribution in [0.3, 0.4) is 0 Å². The molecule has 0 spiro atoms. The standard InChI is InChI=1S/C28H30ClF2N5O3/c1-6-23(37)34-11-16(3)35(12-15(34)2)27-20-10-21(29)24(19-8-7-17(30)9-22(19)31)26-25(20)36(28(38)32-27)18(14-39-26)13-33(4)5/h6-10,15-16,18H,1,11-14H2,2-5H3/t15-,16+,18?/m1/s1. The molecule has 11 heteroatoms. The van der Waals surface area contributed by atoms with Gasteiger partial charge in [0.25, 0.3) is 0 Å². The van der Waals surface area contributed by atoms with Crippen molar-refractivity contribution in [3.8, 4) is 16.9 Å². The van der Waals surface area contributed by atoms with Crippen molar-refractivity contribution in [2.24, 2.45) is 0 Å². The van der Waals surface area contributed by atoms with Crippen LogP contribution in [0.4, 0.5) is 14.6 Å². The third-order valence-electron chi connectivity index (χ3n) is 7.37. The van der Waals surface area contributed by atoms with Gasteiger partial charge in [-0.2, -0.15) is 4.98 Å². The predicted octanol–water partition coefficient (Wildman–Crippen LogP) is 4.10. The van der Waals surface area contributed by atoms with Gasteiger partial charge in [0.2, 0.25) is 5.91 Å². The lowest BCUT2D eigenvalue weighted by atomic mass is 9.99. The fraction of sp³-hybridized carbons (Fsp3) is 0.393. The minimum absolute atomic E-state index is 0.0697. The summed E-state index contributed by atoms with van der Waals surface area (Å²) in [6, 6.07) is 4.23. The average molecular weight is 558 g/mol. The number of carbonyl (C=O) groups is 1. The highest BCUT2D eigenvalue weighted by molar-refractivity contribution is 6.35. The maximum Gasteiger partial charge on any atom is 0.350 e. The van der Waals surface area contributed by atoms with Gasteiger partial charge in [0, 0.05) is 54.3 Å². The van der Waals surface area contributed by atoms with Gasteiger partial charge in [-0.15, -0.1) is 0 Å². The van der Waals surface area contributed by atoms with Crippen LogP contribution in [0.1, 0.15) is 19.9 Å². The molecule has 0 N–H and O–H groups in total. The fourth-order valence-corrected chi connectivity index (χ4v) is 5.92. The number of halogens is 3. The summed E-state index contributed by atoms with van der Waals surface area (Å²) in [4.78, 5) is 36.3. The van der Waals surface area contributed by atoms with Gasteiger partial charge in [0.05, 0.1) is 16.6 Å². The number of piperazine rings is 1. The van der Waals surface area contributed by atoms with E-state index in [1.54, 1.807) is 15.5 Å². The Morgan fingerprint density at radius 3 is 2.64 bits per heavy atom. The van der Waals surface area contributed by atoms with Gasteiger partial charge >= 0.3 is 5.69 Å². The van der Waals surface area contributed by atoms with Crippen LogP contribution in [0, 0.1) is 11.6 Å². The first-order chi connectivity index (χ1) is 18.5. The van der Waals surface area contributed by atoms with E-state index in [-0.39, 0.29) is 52.5 Å². The Labute approximate surface area is 230 Å². The molecule has 2 aromatic carbocycles. The quantitative estimate of drug-likeness (QED) is 0.440. The number of hydrogen-bond donors (Lipinski definition) is 0. The fourth-order valence-electron chi connectivity index (χ4n) is 5.62. The van der Waals surface area contributed by atoms with Crippen LogP contribution >= 0.6 is 11.6 Å². The highest BCUT2D eigenvalue weighted by atomic mass is 35.5. The van der Waals surface area contributed by atoms with E-state index in [2.05, 4.69) is 11.6 Å². The predicted molar refractivity (Wildman–Crippen MR) is 148 cm³/mol. The summed E-state index contributed by atoms with van der Waals surface area (Å²) in [7, 11) is 3.79. The van der Waals surface area contributed by atoms with Crippen molar-refractivity contribution in [1.82, 2.24) is 19.4 Å². The first-order valence-corrected chi connectivity index (χ1v) is 13.1. The molecule has 3 aromatic rings. The summed E-state index contributed by atoms with van der Waals surface area (Å²) >= 11 is 6.78. The number of hydrogen-bond acceptors (Lipinski definition) is 6. The highest BCUT2D eigenvalue weighted by Crippen LogP contribution is 2.47. The zero-order valence-electron chi connectivity index (χ0n) is 22.2. The van der Waals surface area contributed by atoms with E-state index in [1.165, 1.54) is 12.1 Å². The molecule has 3 atom stereocenters. The maximum atomic E-state index is 15.0. The second-order valence-electron chi connectivity index (χ2n) is 10.4. The normalized spacial score (nSPS) is 20.9. The molecule has 0 aliphatic carbocycles. The summed E-state index contributed by atoms with van der Waals surface area (Å²) in [5.41, 5.74) is 0.306. The summed E-state index contributed by atoms with van der Waals surface area (Å²) in [6.45, 7) is 8.98. The lowest BCUT2D eigenvalue weighted by Crippen LogP contribution is -2.58. The molecule has 0 saturated carbocycles. The minimum atomic E-state index is -0.792. The molecular weight excluding hydrogens is 528 g/mol. The summed E-state index contributed by atoms with van der Waals surface area (Å²) < 4.78 is 36.5. The first-order valence-electron chi connectivity index (χ1n) is 12.7. The van der Waals surface area contributed by atoms with E-state index in [0.29, 0.717) is 36.4 Å². The Morgan fingerprint density at radius 1 is 1.23 bits per heavy atom. The topological polar surface area (TPSA) is 70.9 Å². The summed E-state index contributed by atoms with van der Waals surface area (Å²) in [5.74, 6) is -0.998. The number of rotatable bonds is 5. The van der Waals surface area contributed by atoms with Crippen molar-refractivity contribution in [2.45, 2.75) is 32.0 Å². The van der Waals surface area contributed by atoms with Crippen molar-refractivity contribution in [1.29, 1.82) is 0 Å². The van der Waals surface area contributed by atoms with Gasteiger partial charge in [0.15, 0.2) is 5.75 Å². The van der Waals surface area contributed by atoms with E-state index < -0.39 is 17.3 Å². The van der Waals surface area contributed by atoms with E-state index in [1.807, 2.05) is 37.7 Å². The van der Waals surface area contributed by atoms with E-state index in [4.69, 9.17) is 16.3 Å². The minimum Gasteiger partial charge on any atom is -0.488 e. The van der Waals surface area contributed by atoms with Crippen LogP contribution in [0.2, 0.25) is 5.02 Å². The number of likely N-dealkylation sites (N-methyl/N-ethyl adjacent to an activating group) is 1. The number of nitrogens with zero attached hydrogens (tertiary/aromatic N) is 5. The number of carbonyl (C=O) groups excluding carboxylic acids is 1. The number of ether oxygens (including phenoxy) is 1. The van der Waals surface area contributed by atoms with Crippen molar-refractivity contribution in [3.63, 3.8) is 0 Å². The van der Waals surface area contributed by atoms with Gasteiger partial charge < -0.3 is 19.4 Å². The lowest BCUT2D eigenvalue weighted by molar-refractivity contribution is -0.128. The molecule has 1 saturated heterocycles. The summed E-state index contributed by atoms with van der Waals surface area (Å²) in [6.07, 6.45) is 1.30. The summed E-state index contributed by atoms with van der Waals surface area (Å²) in [5, 5.41) is 0.760. The molecule has 206 valence electrons. The van der Waals surface area contributed by atoms with E-state index in [0.717, 1.165) is 12.1 Å². The molecule has 2 aliphatic rings. The molecule has 1 fully saturated rings. The Morgan fingerprint density at radius 2 is 1.97 bits per heavy atom. The Kier molecular flexibility index (Phi) is 7.11. The van der Waals surface area contributed by atoms with Gasteiger partial charge in [-0.1, -0.05) is 18.2 Å². The smallest absolute Gasteiger partial charge is 0.350 e. The molecular formula is C28H30ClF2N5O3.